The van der Waals surface area contributed by atoms with Crippen molar-refractivity contribution in [2.24, 2.45) is 4.99 Å². The highest BCUT2D eigenvalue weighted by Crippen LogP contribution is 2.38. The van der Waals surface area contributed by atoms with Crippen molar-refractivity contribution in [3.63, 3.8) is 0 Å². The van der Waals surface area contributed by atoms with Crippen molar-refractivity contribution in [3.05, 3.63) is 56.9 Å². The van der Waals surface area contributed by atoms with Crippen LogP contribution in [0.5, 0.6) is 11.5 Å². The number of nitrogens with zero attached hydrogens (tertiary/aromatic N) is 2. The summed E-state index contributed by atoms with van der Waals surface area (Å²) in [7, 11) is 6.12. The molecule has 1 aliphatic rings. The second-order valence-electron chi connectivity index (χ2n) is 6.14. The Morgan fingerprint density at radius 1 is 1.10 bits per heavy atom. The standard InChI is InChI=1S/C21H19BrN2O5S/c1-24-19(25)18(10-13-9-16(27-2)17(28-3)11-15(13)22)30-21(24)23-14-7-5-12(6-8-14)20(26)29-4/h5-11H,1-4H3/b18-10-,23-21?. The minimum absolute atomic E-state index is 0.161. The van der Waals surface area contributed by atoms with E-state index in [-0.39, 0.29) is 5.91 Å². The number of hydrogen-bond acceptors (Lipinski definition) is 7. The normalized spacial score (nSPS) is 16.3. The predicted octanol–water partition coefficient (Wildman–Crippen LogP) is 4.49. The smallest absolute Gasteiger partial charge is 0.337 e. The second kappa shape index (κ2) is 9.36. The molecule has 2 aromatic rings. The van der Waals surface area contributed by atoms with Gasteiger partial charge in [0.25, 0.3) is 5.91 Å². The molecule has 2 aromatic carbocycles. The minimum atomic E-state index is -0.414. The number of rotatable bonds is 5. The lowest BCUT2D eigenvalue weighted by Crippen LogP contribution is -2.23. The van der Waals surface area contributed by atoms with Gasteiger partial charge in [-0.1, -0.05) is 15.9 Å². The van der Waals surface area contributed by atoms with Crippen LogP contribution in [0, 0.1) is 0 Å². The number of thioether (sulfide) groups is 1. The number of hydrogen-bond donors (Lipinski definition) is 0. The van der Waals surface area contributed by atoms with Crippen molar-refractivity contribution in [3.8, 4) is 11.5 Å². The van der Waals surface area contributed by atoms with Crippen LogP contribution in [0.15, 0.2) is 50.8 Å². The van der Waals surface area contributed by atoms with Gasteiger partial charge >= 0.3 is 5.97 Å². The summed E-state index contributed by atoms with van der Waals surface area (Å²) in [5.41, 5.74) is 1.84. The van der Waals surface area contributed by atoms with E-state index in [2.05, 4.69) is 20.9 Å². The molecule has 0 bridgehead atoms. The lowest BCUT2D eigenvalue weighted by molar-refractivity contribution is -0.121. The molecule has 9 heteroatoms. The molecular formula is C21H19BrN2O5S. The number of aliphatic imine (C=N–C) groups is 1. The molecule has 0 radical (unpaired) electrons. The van der Waals surface area contributed by atoms with E-state index < -0.39 is 5.97 Å². The van der Waals surface area contributed by atoms with Crippen molar-refractivity contribution in [1.29, 1.82) is 0 Å². The monoisotopic (exact) mass is 490 g/mol. The van der Waals surface area contributed by atoms with E-state index in [1.807, 2.05) is 0 Å². The van der Waals surface area contributed by atoms with Gasteiger partial charge in [0.2, 0.25) is 0 Å². The van der Waals surface area contributed by atoms with Gasteiger partial charge in [-0.25, -0.2) is 9.79 Å². The lowest BCUT2D eigenvalue weighted by atomic mass is 10.2. The summed E-state index contributed by atoms with van der Waals surface area (Å²) >= 11 is 4.77. The van der Waals surface area contributed by atoms with Crippen molar-refractivity contribution in [1.82, 2.24) is 4.90 Å². The van der Waals surface area contributed by atoms with Gasteiger partial charge in [-0.05, 0) is 59.8 Å². The number of amidine groups is 1. The van der Waals surface area contributed by atoms with Gasteiger partial charge < -0.3 is 14.2 Å². The molecule has 0 spiro atoms. The zero-order valence-electron chi connectivity index (χ0n) is 16.8. The van der Waals surface area contributed by atoms with Crippen LogP contribution in [-0.2, 0) is 9.53 Å². The van der Waals surface area contributed by atoms with Crippen LogP contribution in [0.2, 0.25) is 0 Å². The van der Waals surface area contributed by atoms with Crippen molar-refractivity contribution in [2.75, 3.05) is 28.4 Å². The Kier molecular flexibility index (Phi) is 6.84. The quantitative estimate of drug-likeness (QED) is 0.453. The first-order valence-corrected chi connectivity index (χ1v) is 10.3. The molecule has 1 saturated heterocycles. The van der Waals surface area contributed by atoms with Crippen molar-refractivity contribution >= 4 is 56.5 Å². The molecule has 1 fully saturated rings. The van der Waals surface area contributed by atoms with Crippen LogP contribution in [0.1, 0.15) is 15.9 Å². The summed E-state index contributed by atoms with van der Waals surface area (Å²) in [4.78, 5) is 30.8. The summed E-state index contributed by atoms with van der Waals surface area (Å²) in [6, 6.07) is 10.2. The molecule has 0 aromatic heterocycles. The van der Waals surface area contributed by atoms with E-state index in [1.54, 1.807) is 63.7 Å². The summed E-state index contributed by atoms with van der Waals surface area (Å²) in [6.45, 7) is 0. The van der Waals surface area contributed by atoms with E-state index in [0.717, 1.165) is 10.0 Å². The highest BCUT2D eigenvalue weighted by Gasteiger charge is 2.30. The van der Waals surface area contributed by atoms with Crippen LogP contribution in [-0.4, -0.2) is 50.3 Å². The molecule has 1 heterocycles. The average Bonchev–Trinajstić information content (AvgIpc) is 3.02. The van der Waals surface area contributed by atoms with Crippen molar-refractivity contribution < 1.29 is 23.8 Å². The SMILES string of the molecule is COC(=O)c1ccc(N=C2S/C(=C\c3cc(OC)c(OC)cc3Br)C(=O)N2C)cc1. The lowest BCUT2D eigenvalue weighted by Gasteiger charge is -2.10. The first-order chi connectivity index (χ1) is 14.4. The second-order valence-corrected chi connectivity index (χ2v) is 8.00. The Balaban J connectivity index is 1.89. The maximum absolute atomic E-state index is 12.7. The van der Waals surface area contributed by atoms with Gasteiger partial charge in [0, 0.05) is 11.5 Å². The number of likely N-dealkylation sites (N-methyl/N-ethyl adjacent to an activating group) is 1. The Morgan fingerprint density at radius 2 is 1.73 bits per heavy atom. The molecule has 0 atom stereocenters. The highest BCUT2D eigenvalue weighted by atomic mass is 79.9. The van der Waals surface area contributed by atoms with Crippen LogP contribution in [0.3, 0.4) is 0 Å². The number of ether oxygens (including phenoxy) is 3. The maximum atomic E-state index is 12.7. The third-order valence-corrected chi connectivity index (χ3v) is 6.05. The number of carbonyl (C=O) groups excluding carboxylic acids is 2. The fraction of sp³-hybridized carbons (Fsp3) is 0.190. The number of carbonyl (C=O) groups is 2. The Bertz CT molecular complexity index is 1050. The third-order valence-electron chi connectivity index (χ3n) is 4.31. The van der Waals surface area contributed by atoms with E-state index in [1.165, 1.54) is 23.8 Å². The zero-order valence-corrected chi connectivity index (χ0v) is 19.2. The van der Waals surface area contributed by atoms with E-state index in [0.29, 0.717) is 32.8 Å². The molecule has 0 saturated carbocycles. The molecule has 0 aliphatic carbocycles. The van der Waals surface area contributed by atoms with Gasteiger partial charge in [0.1, 0.15) is 0 Å². The maximum Gasteiger partial charge on any atom is 0.337 e. The molecule has 1 aliphatic heterocycles. The molecule has 3 rings (SSSR count). The zero-order chi connectivity index (χ0) is 21.8. The first kappa shape index (κ1) is 21.9. The molecule has 1 amide bonds. The molecule has 156 valence electrons. The van der Waals surface area contributed by atoms with Crippen LogP contribution in [0.25, 0.3) is 6.08 Å². The van der Waals surface area contributed by atoms with Gasteiger partial charge in [0.05, 0.1) is 37.5 Å². The molecule has 0 unspecified atom stereocenters. The summed E-state index contributed by atoms with van der Waals surface area (Å²) in [6.07, 6.45) is 1.78. The van der Waals surface area contributed by atoms with E-state index in [9.17, 15) is 9.59 Å². The van der Waals surface area contributed by atoms with Gasteiger partial charge in [-0.15, -0.1) is 0 Å². The summed E-state index contributed by atoms with van der Waals surface area (Å²) in [5, 5.41) is 0.536. The first-order valence-electron chi connectivity index (χ1n) is 8.74. The largest absolute Gasteiger partial charge is 0.493 e. The van der Waals surface area contributed by atoms with E-state index in [4.69, 9.17) is 14.2 Å². The number of amides is 1. The molecule has 30 heavy (non-hydrogen) atoms. The van der Waals surface area contributed by atoms with Crippen LogP contribution >= 0.6 is 27.7 Å². The summed E-state index contributed by atoms with van der Waals surface area (Å²) in [5.74, 6) is 0.580. The van der Waals surface area contributed by atoms with E-state index >= 15 is 0 Å². The van der Waals surface area contributed by atoms with Gasteiger partial charge in [0.15, 0.2) is 16.7 Å². The summed E-state index contributed by atoms with van der Waals surface area (Å²) < 4.78 is 16.1. The number of esters is 1. The van der Waals surface area contributed by atoms with Crippen LogP contribution < -0.4 is 9.47 Å². The third kappa shape index (κ3) is 4.52. The average molecular weight is 491 g/mol. The number of methoxy groups -OCH3 is 3. The molecule has 7 nitrogen and oxygen atoms in total. The predicted molar refractivity (Wildman–Crippen MR) is 120 cm³/mol. The highest BCUT2D eigenvalue weighted by molar-refractivity contribution is 9.10. The Hall–Kier alpha value is -2.78. The fourth-order valence-corrected chi connectivity index (χ4v) is 4.09. The van der Waals surface area contributed by atoms with Gasteiger partial charge in [-0.2, -0.15) is 0 Å². The van der Waals surface area contributed by atoms with Crippen molar-refractivity contribution in [2.45, 2.75) is 0 Å². The molecule has 0 N–H and O–H groups in total. The molecular weight excluding hydrogens is 472 g/mol. The Morgan fingerprint density at radius 3 is 2.33 bits per heavy atom. The number of benzene rings is 2. The minimum Gasteiger partial charge on any atom is -0.493 e. The fourth-order valence-electron chi connectivity index (χ4n) is 2.67. The number of halogens is 1. The van der Waals surface area contributed by atoms with Crippen LogP contribution in [0.4, 0.5) is 5.69 Å². The van der Waals surface area contributed by atoms with Gasteiger partial charge in [-0.3, -0.25) is 9.69 Å². The topological polar surface area (TPSA) is 77.4 Å². The Labute approximate surface area is 186 Å².